The van der Waals surface area contributed by atoms with E-state index in [1.165, 1.54) is 51.9 Å². The molecule has 0 aliphatic heterocycles. The Morgan fingerprint density at radius 1 is 0.909 bits per heavy atom. The molecule has 0 saturated heterocycles. The van der Waals surface area contributed by atoms with Crippen molar-refractivity contribution in [2.75, 3.05) is 13.2 Å². The molecule has 0 bridgehead atoms. The van der Waals surface area contributed by atoms with E-state index in [9.17, 15) is 9.59 Å². The van der Waals surface area contributed by atoms with Gasteiger partial charge in [-0.25, -0.2) is 4.79 Å². The second-order valence-electron chi connectivity index (χ2n) is 5.50. The molecule has 0 rings (SSSR count). The van der Waals surface area contributed by atoms with Crippen molar-refractivity contribution in [2.45, 2.75) is 71.6 Å². The molecule has 0 aromatic heterocycles. The van der Waals surface area contributed by atoms with Crippen LogP contribution in [0.2, 0.25) is 0 Å². The summed E-state index contributed by atoms with van der Waals surface area (Å²) in [6, 6.07) is 0. The highest BCUT2D eigenvalue weighted by Crippen LogP contribution is 2.09. The largest absolute Gasteiger partial charge is 0.462 e. The van der Waals surface area contributed by atoms with Gasteiger partial charge in [-0.15, -0.1) is 0 Å². The lowest BCUT2D eigenvalue weighted by atomic mass is 10.1. The number of rotatable bonds is 13. The fourth-order valence-electron chi connectivity index (χ4n) is 2.01. The lowest BCUT2D eigenvalue weighted by molar-refractivity contribution is -0.141. The smallest absolute Gasteiger partial charge is 0.332 e. The molecule has 0 saturated carbocycles. The highest BCUT2D eigenvalue weighted by molar-refractivity contribution is 5.82. The van der Waals surface area contributed by atoms with Crippen LogP contribution >= 0.6 is 0 Å². The molecule has 0 unspecified atom stereocenters. The zero-order chi connectivity index (χ0) is 16.6. The SMILES string of the molecule is CCCCCCCCCCCOC(=O)C=C(N)COC(C)=O. The van der Waals surface area contributed by atoms with E-state index in [-0.39, 0.29) is 12.3 Å². The number of carbonyl (C=O) groups is 2. The Hall–Kier alpha value is -1.52. The third-order valence-electron chi connectivity index (χ3n) is 3.24. The van der Waals surface area contributed by atoms with Gasteiger partial charge in [0.25, 0.3) is 0 Å². The highest BCUT2D eigenvalue weighted by Gasteiger charge is 2.02. The molecular formula is C17H31NO4. The van der Waals surface area contributed by atoms with Crippen LogP contribution in [-0.4, -0.2) is 25.2 Å². The van der Waals surface area contributed by atoms with E-state index in [2.05, 4.69) is 11.7 Å². The minimum atomic E-state index is -0.482. The number of nitrogens with two attached hydrogens (primary N) is 1. The molecule has 5 heteroatoms. The maximum Gasteiger partial charge on any atom is 0.332 e. The monoisotopic (exact) mass is 313 g/mol. The normalized spacial score (nSPS) is 11.3. The Kier molecular flexibility index (Phi) is 13.4. The molecule has 0 amide bonds. The summed E-state index contributed by atoms with van der Waals surface area (Å²) in [5.41, 5.74) is 5.71. The van der Waals surface area contributed by atoms with Gasteiger partial charge < -0.3 is 15.2 Å². The Balaban J connectivity index is 3.45. The van der Waals surface area contributed by atoms with Gasteiger partial charge in [-0.2, -0.15) is 0 Å². The summed E-state index contributed by atoms with van der Waals surface area (Å²) in [6.45, 7) is 3.84. The number of hydrogen-bond acceptors (Lipinski definition) is 5. The molecule has 0 radical (unpaired) electrons. The average Bonchev–Trinajstić information content (AvgIpc) is 2.47. The molecular weight excluding hydrogens is 282 g/mol. The molecule has 0 spiro atoms. The topological polar surface area (TPSA) is 78.6 Å². The average molecular weight is 313 g/mol. The van der Waals surface area contributed by atoms with Crippen molar-refractivity contribution in [2.24, 2.45) is 5.73 Å². The first-order valence-electron chi connectivity index (χ1n) is 8.32. The Morgan fingerprint density at radius 3 is 2.00 bits per heavy atom. The van der Waals surface area contributed by atoms with Gasteiger partial charge in [-0.3, -0.25) is 4.79 Å². The molecule has 0 aromatic carbocycles. The second kappa shape index (κ2) is 14.4. The zero-order valence-electron chi connectivity index (χ0n) is 14.1. The summed E-state index contributed by atoms with van der Waals surface area (Å²) in [7, 11) is 0. The molecule has 0 atom stereocenters. The molecule has 0 aromatic rings. The fraction of sp³-hybridized carbons (Fsp3) is 0.765. The summed E-state index contributed by atoms with van der Waals surface area (Å²) >= 11 is 0. The van der Waals surface area contributed by atoms with Crippen molar-refractivity contribution in [1.82, 2.24) is 0 Å². The van der Waals surface area contributed by atoms with Crippen LogP contribution in [0.5, 0.6) is 0 Å². The summed E-state index contributed by atoms with van der Waals surface area (Å²) < 4.78 is 9.71. The number of carbonyl (C=O) groups excluding carboxylic acids is 2. The molecule has 0 aliphatic carbocycles. The van der Waals surface area contributed by atoms with Crippen LogP contribution in [0.3, 0.4) is 0 Å². The Bertz CT molecular complexity index is 340. The quantitative estimate of drug-likeness (QED) is 0.320. The van der Waals surface area contributed by atoms with Crippen LogP contribution in [0.1, 0.15) is 71.6 Å². The maximum absolute atomic E-state index is 11.4. The zero-order valence-corrected chi connectivity index (χ0v) is 14.1. The maximum atomic E-state index is 11.4. The fourth-order valence-corrected chi connectivity index (χ4v) is 2.01. The van der Waals surface area contributed by atoms with Crippen LogP contribution in [0.4, 0.5) is 0 Å². The van der Waals surface area contributed by atoms with E-state index >= 15 is 0 Å². The summed E-state index contributed by atoms with van der Waals surface area (Å²) in [6.07, 6.45) is 12.2. The predicted octanol–water partition coefficient (Wildman–Crippen LogP) is 3.47. The minimum Gasteiger partial charge on any atom is -0.462 e. The van der Waals surface area contributed by atoms with Crippen LogP contribution in [0, 0.1) is 0 Å². The summed E-state index contributed by atoms with van der Waals surface area (Å²) in [5, 5.41) is 0. The van der Waals surface area contributed by atoms with Gasteiger partial charge in [0.2, 0.25) is 0 Å². The van der Waals surface area contributed by atoms with Crippen LogP contribution in [-0.2, 0) is 19.1 Å². The molecule has 0 heterocycles. The van der Waals surface area contributed by atoms with Crippen molar-refractivity contribution in [1.29, 1.82) is 0 Å². The Morgan fingerprint density at radius 2 is 1.45 bits per heavy atom. The van der Waals surface area contributed by atoms with Crippen LogP contribution < -0.4 is 5.73 Å². The third kappa shape index (κ3) is 14.9. The van der Waals surface area contributed by atoms with Gasteiger partial charge in [0.1, 0.15) is 6.61 Å². The summed E-state index contributed by atoms with van der Waals surface area (Å²) in [4.78, 5) is 22.0. The van der Waals surface area contributed by atoms with Crippen molar-refractivity contribution in [3.05, 3.63) is 11.8 Å². The lowest BCUT2D eigenvalue weighted by Crippen LogP contribution is -2.13. The van der Waals surface area contributed by atoms with Crippen LogP contribution in [0.15, 0.2) is 11.8 Å². The van der Waals surface area contributed by atoms with E-state index in [4.69, 9.17) is 10.5 Å². The van der Waals surface area contributed by atoms with Gasteiger partial charge in [0, 0.05) is 13.0 Å². The van der Waals surface area contributed by atoms with Crippen LogP contribution in [0.25, 0.3) is 0 Å². The molecule has 0 aliphatic rings. The standard InChI is InChI=1S/C17H31NO4/c1-3-4-5-6-7-8-9-10-11-12-21-17(20)13-16(18)14-22-15(2)19/h13H,3-12,14,18H2,1-2H3. The number of ether oxygens (including phenoxy) is 2. The van der Waals surface area contributed by atoms with Crippen molar-refractivity contribution in [3.8, 4) is 0 Å². The first kappa shape index (κ1) is 20.5. The van der Waals surface area contributed by atoms with E-state index < -0.39 is 11.9 Å². The van der Waals surface area contributed by atoms with E-state index in [1.807, 2.05) is 0 Å². The van der Waals surface area contributed by atoms with Gasteiger partial charge >= 0.3 is 11.9 Å². The molecule has 2 N–H and O–H groups in total. The van der Waals surface area contributed by atoms with Gasteiger partial charge in [-0.1, -0.05) is 58.3 Å². The Labute approximate surface area is 134 Å². The predicted molar refractivity (Wildman–Crippen MR) is 87.1 cm³/mol. The number of unbranched alkanes of at least 4 members (excludes halogenated alkanes) is 8. The molecule has 5 nitrogen and oxygen atoms in total. The van der Waals surface area contributed by atoms with Crippen molar-refractivity contribution < 1.29 is 19.1 Å². The number of esters is 2. The van der Waals surface area contributed by atoms with E-state index in [0.29, 0.717) is 6.61 Å². The van der Waals surface area contributed by atoms with Gasteiger partial charge in [0.05, 0.1) is 12.3 Å². The highest BCUT2D eigenvalue weighted by atomic mass is 16.5. The lowest BCUT2D eigenvalue weighted by Gasteiger charge is -2.04. The van der Waals surface area contributed by atoms with E-state index in [1.54, 1.807) is 0 Å². The second-order valence-corrected chi connectivity index (χ2v) is 5.50. The molecule has 22 heavy (non-hydrogen) atoms. The third-order valence-corrected chi connectivity index (χ3v) is 3.24. The van der Waals surface area contributed by atoms with Crippen molar-refractivity contribution >= 4 is 11.9 Å². The first-order valence-corrected chi connectivity index (χ1v) is 8.32. The van der Waals surface area contributed by atoms with Gasteiger partial charge in [-0.05, 0) is 6.42 Å². The first-order chi connectivity index (χ1) is 10.6. The molecule has 128 valence electrons. The number of hydrogen-bond donors (Lipinski definition) is 1. The van der Waals surface area contributed by atoms with E-state index in [0.717, 1.165) is 18.9 Å². The summed E-state index contributed by atoms with van der Waals surface area (Å²) in [5.74, 6) is -0.913. The van der Waals surface area contributed by atoms with Crippen molar-refractivity contribution in [3.63, 3.8) is 0 Å². The molecule has 0 fully saturated rings. The van der Waals surface area contributed by atoms with Gasteiger partial charge in [0.15, 0.2) is 0 Å². The minimum absolute atomic E-state index is 0.0809.